The van der Waals surface area contributed by atoms with Crippen LogP contribution in [0.3, 0.4) is 0 Å². The molecule has 1 heterocycles. The summed E-state index contributed by atoms with van der Waals surface area (Å²) in [6.45, 7) is 6.91. The van der Waals surface area contributed by atoms with E-state index in [1.807, 2.05) is 6.20 Å². The highest BCUT2D eigenvalue weighted by molar-refractivity contribution is 4.64. The van der Waals surface area contributed by atoms with Crippen molar-refractivity contribution < 1.29 is 4.57 Å². The zero-order valence-corrected chi connectivity index (χ0v) is 10.4. The van der Waals surface area contributed by atoms with E-state index in [2.05, 4.69) is 42.8 Å². The maximum absolute atomic E-state index is 3.14. The standard InChI is InChI=1S/C13H24N2/c1-4-6-7-8-13(12(3)5-2)15-10-9-14-11-15/h9-13H,4-8H2,1-3H3/p+1. The first kappa shape index (κ1) is 12.3. The van der Waals surface area contributed by atoms with Crippen LogP contribution in [0.1, 0.15) is 58.9 Å². The summed E-state index contributed by atoms with van der Waals surface area (Å²) >= 11 is 0. The summed E-state index contributed by atoms with van der Waals surface area (Å²) in [5, 5.41) is 0. The van der Waals surface area contributed by atoms with Crippen LogP contribution in [0, 0.1) is 5.92 Å². The normalized spacial score (nSPS) is 15.1. The molecule has 0 fully saturated rings. The molecule has 86 valence electrons. The summed E-state index contributed by atoms with van der Waals surface area (Å²) in [6.07, 6.45) is 12.8. The Morgan fingerprint density at radius 2 is 2.07 bits per heavy atom. The summed E-state index contributed by atoms with van der Waals surface area (Å²) in [5.74, 6) is 0.766. The smallest absolute Gasteiger partial charge is 0.241 e. The Kier molecular flexibility index (Phi) is 5.44. The first-order chi connectivity index (χ1) is 7.29. The lowest BCUT2D eigenvalue weighted by atomic mass is 9.94. The number of unbranched alkanes of at least 4 members (excludes halogenated alkanes) is 2. The van der Waals surface area contributed by atoms with Gasteiger partial charge in [0.2, 0.25) is 6.33 Å². The summed E-state index contributed by atoms with van der Waals surface area (Å²) in [4.78, 5) is 3.14. The second kappa shape index (κ2) is 6.65. The van der Waals surface area contributed by atoms with Crippen LogP contribution in [0.25, 0.3) is 0 Å². The number of rotatable bonds is 7. The molecule has 0 saturated heterocycles. The number of hydrogen-bond donors (Lipinski definition) is 1. The van der Waals surface area contributed by atoms with Crippen molar-refractivity contribution in [2.45, 2.75) is 58.9 Å². The third-order valence-electron chi connectivity index (χ3n) is 3.35. The third-order valence-corrected chi connectivity index (χ3v) is 3.35. The SMILES string of the molecule is CCCCCC(C(C)CC)[n+]1cc[nH]c1. The number of aromatic nitrogens is 2. The van der Waals surface area contributed by atoms with Crippen molar-refractivity contribution in [2.24, 2.45) is 5.92 Å². The molecule has 0 bridgehead atoms. The van der Waals surface area contributed by atoms with Gasteiger partial charge in [-0.2, -0.15) is 0 Å². The van der Waals surface area contributed by atoms with Gasteiger partial charge in [0.1, 0.15) is 18.4 Å². The maximum atomic E-state index is 3.14. The van der Waals surface area contributed by atoms with Gasteiger partial charge < -0.3 is 0 Å². The largest absolute Gasteiger partial charge is 0.250 e. The zero-order valence-electron chi connectivity index (χ0n) is 10.4. The summed E-state index contributed by atoms with van der Waals surface area (Å²) in [5.41, 5.74) is 0. The Bertz CT molecular complexity index is 241. The molecule has 0 aliphatic rings. The van der Waals surface area contributed by atoms with Crippen LogP contribution in [0.2, 0.25) is 0 Å². The molecule has 0 saturated carbocycles. The monoisotopic (exact) mass is 209 g/mol. The molecule has 1 rings (SSSR count). The van der Waals surface area contributed by atoms with Crippen LogP contribution in [0.4, 0.5) is 0 Å². The van der Waals surface area contributed by atoms with Gasteiger partial charge >= 0.3 is 0 Å². The highest BCUT2D eigenvalue weighted by Crippen LogP contribution is 2.21. The van der Waals surface area contributed by atoms with Crippen LogP contribution in [-0.2, 0) is 0 Å². The van der Waals surface area contributed by atoms with Gasteiger partial charge in [-0.05, 0) is 25.2 Å². The molecule has 0 radical (unpaired) electrons. The molecule has 0 spiro atoms. The van der Waals surface area contributed by atoms with Crippen molar-refractivity contribution >= 4 is 0 Å². The van der Waals surface area contributed by atoms with E-state index in [0.29, 0.717) is 6.04 Å². The first-order valence-corrected chi connectivity index (χ1v) is 6.33. The second-order valence-corrected chi connectivity index (χ2v) is 4.51. The van der Waals surface area contributed by atoms with Gasteiger partial charge in [0.15, 0.2) is 0 Å². The quantitative estimate of drug-likeness (QED) is 0.524. The van der Waals surface area contributed by atoms with Gasteiger partial charge in [0.25, 0.3) is 0 Å². The Morgan fingerprint density at radius 1 is 1.27 bits per heavy atom. The Balaban J connectivity index is 2.54. The van der Waals surface area contributed by atoms with Crippen molar-refractivity contribution in [3.8, 4) is 0 Å². The van der Waals surface area contributed by atoms with Crippen molar-refractivity contribution in [2.75, 3.05) is 0 Å². The predicted molar refractivity (Wildman–Crippen MR) is 63.6 cm³/mol. The Hall–Kier alpha value is -0.790. The van der Waals surface area contributed by atoms with E-state index >= 15 is 0 Å². The van der Waals surface area contributed by atoms with Crippen molar-refractivity contribution in [1.29, 1.82) is 0 Å². The molecule has 15 heavy (non-hydrogen) atoms. The fraction of sp³-hybridized carbons (Fsp3) is 0.769. The van der Waals surface area contributed by atoms with Crippen molar-refractivity contribution in [3.05, 3.63) is 18.7 Å². The van der Waals surface area contributed by atoms with E-state index in [1.54, 1.807) is 0 Å². The maximum Gasteiger partial charge on any atom is 0.241 e. The number of nitrogens with one attached hydrogen (secondary N) is 1. The molecule has 2 atom stereocenters. The lowest BCUT2D eigenvalue weighted by Crippen LogP contribution is -2.40. The number of imidazole rings is 1. The second-order valence-electron chi connectivity index (χ2n) is 4.51. The van der Waals surface area contributed by atoms with Gasteiger partial charge in [-0.25, -0.2) is 4.57 Å². The number of aromatic amines is 1. The van der Waals surface area contributed by atoms with Gasteiger partial charge in [-0.15, -0.1) is 0 Å². The molecule has 0 aliphatic carbocycles. The summed E-state index contributed by atoms with van der Waals surface area (Å²) in [6, 6.07) is 0.674. The highest BCUT2D eigenvalue weighted by Gasteiger charge is 2.20. The lowest BCUT2D eigenvalue weighted by Gasteiger charge is -2.19. The minimum Gasteiger partial charge on any atom is -0.250 e. The molecule has 2 heteroatoms. The number of hydrogen-bond acceptors (Lipinski definition) is 0. The third kappa shape index (κ3) is 3.69. The molecular weight excluding hydrogens is 184 g/mol. The van der Waals surface area contributed by atoms with Crippen LogP contribution < -0.4 is 4.57 Å². The van der Waals surface area contributed by atoms with Gasteiger partial charge in [-0.3, -0.25) is 4.98 Å². The average molecular weight is 209 g/mol. The van der Waals surface area contributed by atoms with E-state index < -0.39 is 0 Å². The molecule has 1 N–H and O–H groups in total. The fourth-order valence-corrected chi connectivity index (χ4v) is 2.11. The highest BCUT2D eigenvalue weighted by atomic mass is 15.1. The summed E-state index contributed by atoms with van der Waals surface area (Å²) in [7, 11) is 0. The Morgan fingerprint density at radius 3 is 2.60 bits per heavy atom. The minimum atomic E-state index is 0.674. The molecule has 0 aliphatic heterocycles. The molecule has 2 nitrogen and oxygen atoms in total. The van der Waals surface area contributed by atoms with Crippen LogP contribution in [-0.4, -0.2) is 4.98 Å². The molecule has 2 unspecified atom stereocenters. The predicted octanol–water partition coefficient (Wildman–Crippen LogP) is 3.47. The van der Waals surface area contributed by atoms with Crippen LogP contribution in [0.5, 0.6) is 0 Å². The van der Waals surface area contributed by atoms with E-state index in [-0.39, 0.29) is 0 Å². The molecule has 1 aromatic rings. The summed E-state index contributed by atoms with van der Waals surface area (Å²) < 4.78 is 2.34. The lowest BCUT2D eigenvalue weighted by molar-refractivity contribution is -0.729. The average Bonchev–Trinajstić information content (AvgIpc) is 2.77. The molecule has 1 aromatic heterocycles. The topological polar surface area (TPSA) is 19.7 Å². The molecular formula is C13H25N2+. The molecule has 0 amide bonds. The fourth-order valence-electron chi connectivity index (χ4n) is 2.11. The van der Waals surface area contributed by atoms with E-state index in [4.69, 9.17) is 0 Å². The van der Waals surface area contributed by atoms with Crippen LogP contribution >= 0.6 is 0 Å². The van der Waals surface area contributed by atoms with Crippen molar-refractivity contribution in [3.63, 3.8) is 0 Å². The van der Waals surface area contributed by atoms with E-state index in [9.17, 15) is 0 Å². The zero-order chi connectivity index (χ0) is 11.1. The van der Waals surface area contributed by atoms with Crippen LogP contribution in [0.15, 0.2) is 18.7 Å². The number of H-pyrrole nitrogens is 1. The van der Waals surface area contributed by atoms with Crippen molar-refractivity contribution in [1.82, 2.24) is 4.98 Å². The Labute approximate surface area is 93.7 Å². The van der Waals surface area contributed by atoms with E-state index in [1.165, 1.54) is 32.1 Å². The first-order valence-electron chi connectivity index (χ1n) is 6.33. The van der Waals surface area contributed by atoms with Gasteiger partial charge in [0.05, 0.1) is 0 Å². The van der Waals surface area contributed by atoms with E-state index in [0.717, 1.165) is 5.92 Å². The number of nitrogens with zero attached hydrogens (tertiary/aromatic N) is 1. The molecule has 0 aromatic carbocycles. The minimum absolute atomic E-state index is 0.674. The van der Waals surface area contributed by atoms with Gasteiger partial charge in [-0.1, -0.05) is 33.6 Å². The van der Waals surface area contributed by atoms with Gasteiger partial charge in [0, 0.05) is 0 Å².